The smallest absolute Gasteiger partial charge is 0.416 e. The Morgan fingerprint density at radius 3 is 2.72 bits per heavy atom. The van der Waals surface area contributed by atoms with Crippen molar-refractivity contribution in [1.29, 1.82) is 0 Å². The molecule has 4 aromatic rings. The zero-order valence-corrected chi connectivity index (χ0v) is 23.8. The molecule has 13 nitrogen and oxygen atoms in total. The second kappa shape index (κ2) is 12.4. The molecule has 2 aliphatic heterocycles. The number of carbonyl (C=O) groups is 2. The van der Waals surface area contributed by atoms with E-state index >= 15 is 0 Å². The molecule has 0 aliphatic carbocycles. The van der Waals surface area contributed by atoms with Crippen LogP contribution >= 0.6 is 0 Å². The molecule has 222 valence electrons. The van der Waals surface area contributed by atoms with Crippen LogP contribution in [0.3, 0.4) is 0 Å². The zero-order valence-electron chi connectivity index (χ0n) is 23.8. The van der Waals surface area contributed by atoms with E-state index in [4.69, 9.17) is 23.9 Å². The summed E-state index contributed by atoms with van der Waals surface area (Å²) in [6.45, 7) is 3.57. The Balaban J connectivity index is 1.23. The van der Waals surface area contributed by atoms with E-state index in [2.05, 4.69) is 15.3 Å². The third kappa shape index (κ3) is 6.21. The third-order valence-electron chi connectivity index (χ3n) is 7.30. The number of nitrogens with zero attached hydrogens (tertiary/aromatic N) is 6. The van der Waals surface area contributed by atoms with Gasteiger partial charge in [0.15, 0.2) is 6.79 Å². The van der Waals surface area contributed by atoms with Gasteiger partial charge >= 0.3 is 6.09 Å². The van der Waals surface area contributed by atoms with Crippen molar-refractivity contribution in [2.24, 2.45) is 0 Å². The van der Waals surface area contributed by atoms with Gasteiger partial charge in [-0.15, -0.1) is 0 Å². The van der Waals surface area contributed by atoms with Gasteiger partial charge < -0.3 is 29.2 Å². The lowest BCUT2D eigenvalue weighted by molar-refractivity contribution is -0.126. The third-order valence-corrected chi connectivity index (χ3v) is 7.30. The van der Waals surface area contributed by atoms with Crippen LogP contribution in [0.4, 0.5) is 10.6 Å². The number of nitrogens with one attached hydrogen (secondary N) is 1. The van der Waals surface area contributed by atoms with Crippen LogP contribution in [0.1, 0.15) is 16.8 Å². The number of ether oxygens (including phenoxy) is 4. The fraction of sp³-hybridized carbons (Fsp3) is 0.300. The Morgan fingerprint density at radius 1 is 1.09 bits per heavy atom. The molecular formula is C30H31N7O6. The number of fused-ring (bicyclic) bond motifs is 1. The number of rotatable bonds is 7. The standard InChI is InChI=1S/C30H31N7O6/c1-20-14-27(34-29(33-20)36-11-10-31-18-36)35-12-13-37(30(39)43-23-8-6-22(40-2)7-9-23)25(16-35)28(38)32-15-21-4-3-5-26-24(21)17-41-19-42-26/h3-11,14,18,25H,12-13,15-17,19H2,1-2H3,(H,32,38). The largest absolute Gasteiger partial charge is 0.497 e. The molecule has 2 aromatic carbocycles. The Bertz CT molecular complexity index is 1600. The fourth-order valence-electron chi connectivity index (χ4n) is 5.05. The molecule has 1 atom stereocenters. The van der Waals surface area contributed by atoms with Crippen molar-refractivity contribution in [2.45, 2.75) is 26.1 Å². The Kier molecular flexibility index (Phi) is 8.05. The fourth-order valence-corrected chi connectivity index (χ4v) is 5.05. The second-order valence-corrected chi connectivity index (χ2v) is 10.1. The van der Waals surface area contributed by atoms with E-state index < -0.39 is 12.1 Å². The van der Waals surface area contributed by atoms with Gasteiger partial charge in [0, 0.05) is 55.9 Å². The van der Waals surface area contributed by atoms with Gasteiger partial charge in [0.1, 0.15) is 35.4 Å². The normalized spacial score (nSPS) is 16.2. The van der Waals surface area contributed by atoms with Crippen molar-refractivity contribution in [2.75, 3.05) is 38.4 Å². The Labute approximate surface area is 248 Å². The summed E-state index contributed by atoms with van der Waals surface area (Å²) >= 11 is 0. The topological polar surface area (TPSA) is 133 Å². The van der Waals surface area contributed by atoms with Crippen LogP contribution in [0.15, 0.2) is 67.3 Å². The summed E-state index contributed by atoms with van der Waals surface area (Å²) in [6.07, 6.45) is 4.42. The second-order valence-electron chi connectivity index (χ2n) is 10.1. The van der Waals surface area contributed by atoms with Gasteiger partial charge in [-0.3, -0.25) is 14.3 Å². The summed E-state index contributed by atoms with van der Waals surface area (Å²) in [6, 6.07) is 13.4. The van der Waals surface area contributed by atoms with E-state index in [0.29, 0.717) is 36.4 Å². The number of hydrogen-bond donors (Lipinski definition) is 1. The monoisotopic (exact) mass is 585 g/mol. The average Bonchev–Trinajstić information content (AvgIpc) is 3.59. The molecule has 6 rings (SSSR count). The van der Waals surface area contributed by atoms with Crippen LogP contribution < -0.4 is 24.4 Å². The van der Waals surface area contributed by atoms with E-state index in [0.717, 1.165) is 22.6 Å². The van der Waals surface area contributed by atoms with Gasteiger partial charge in [-0.05, 0) is 42.8 Å². The summed E-state index contributed by atoms with van der Waals surface area (Å²) in [5.41, 5.74) is 2.52. The first kappa shape index (κ1) is 28.0. The number of anilines is 1. The number of aromatic nitrogens is 4. The van der Waals surface area contributed by atoms with Crippen molar-refractivity contribution in [3.8, 4) is 23.2 Å². The van der Waals surface area contributed by atoms with Crippen molar-refractivity contribution >= 4 is 17.8 Å². The molecule has 2 amide bonds. The molecule has 43 heavy (non-hydrogen) atoms. The maximum absolute atomic E-state index is 13.8. The quantitative estimate of drug-likeness (QED) is 0.345. The lowest BCUT2D eigenvalue weighted by atomic mass is 10.1. The number of benzene rings is 2. The molecule has 1 fully saturated rings. The highest BCUT2D eigenvalue weighted by molar-refractivity contribution is 5.87. The highest BCUT2D eigenvalue weighted by atomic mass is 16.7. The van der Waals surface area contributed by atoms with Gasteiger partial charge in [-0.25, -0.2) is 14.8 Å². The molecule has 0 radical (unpaired) electrons. The average molecular weight is 586 g/mol. The van der Waals surface area contributed by atoms with Gasteiger partial charge in [-0.1, -0.05) is 12.1 Å². The van der Waals surface area contributed by atoms with E-state index in [1.54, 1.807) is 54.7 Å². The van der Waals surface area contributed by atoms with Crippen molar-refractivity contribution < 1.29 is 28.5 Å². The molecule has 1 N–H and O–H groups in total. The molecule has 13 heteroatoms. The minimum absolute atomic E-state index is 0.192. The molecule has 0 spiro atoms. The summed E-state index contributed by atoms with van der Waals surface area (Å²) in [7, 11) is 1.56. The van der Waals surface area contributed by atoms with Crippen molar-refractivity contribution in [3.05, 3.63) is 84.1 Å². The van der Waals surface area contributed by atoms with Crippen LogP contribution in [-0.2, 0) is 22.7 Å². The predicted octanol–water partition coefficient (Wildman–Crippen LogP) is 2.85. The molecule has 1 unspecified atom stereocenters. The summed E-state index contributed by atoms with van der Waals surface area (Å²) < 4.78 is 23.6. The van der Waals surface area contributed by atoms with Crippen molar-refractivity contribution in [1.82, 2.24) is 29.7 Å². The van der Waals surface area contributed by atoms with Gasteiger partial charge in [0.2, 0.25) is 11.9 Å². The maximum atomic E-state index is 13.8. The number of aryl methyl sites for hydroxylation is 1. The lowest BCUT2D eigenvalue weighted by Crippen LogP contribution is -2.61. The van der Waals surface area contributed by atoms with E-state index in [1.165, 1.54) is 4.90 Å². The Hall–Kier alpha value is -5.17. The van der Waals surface area contributed by atoms with E-state index in [-0.39, 0.29) is 32.3 Å². The summed E-state index contributed by atoms with van der Waals surface area (Å²) in [4.78, 5) is 43.9. The van der Waals surface area contributed by atoms with Gasteiger partial charge in [-0.2, -0.15) is 4.98 Å². The SMILES string of the molecule is COc1ccc(OC(=O)N2CCN(c3cc(C)nc(-n4ccnc4)n3)CC2C(=O)NCc2cccc3c2COCO3)cc1. The zero-order chi connectivity index (χ0) is 29.8. The number of amides is 2. The van der Waals surface area contributed by atoms with Gasteiger partial charge in [0.25, 0.3) is 0 Å². The first-order valence-corrected chi connectivity index (χ1v) is 13.8. The highest BCUT2D eigenvalue weighted by Gasteiger charge is 2.37. The molecule has 0 saturated carbocycles. The number of piperazine rings is 1. The van der Waals surface area contributed by atoms with Crippen LogP contribution in [0.5, 0.6) is 17.2 Å². The number of imidazole rings is 1. The number of methoxy groups -OCH3 is 1. The number of hydrogen-bond acceptors (Lipinski definition) is 10. The first-order valence-electron chi connectivity index (χ1n) is 13.8. The minimum atomic E-state index is -0.862. The highest BCUT2D eigenvalue weighted by Crippen LogP contribution is 2.27. The summed E-state index contributed by atoms with van der Waals surface area (Å²) in [5, 5.41) is 3.01. The maximum Gasteiger partial charge on any atom is 0.416 e. The summed E-state index contributed by atoms with van der Waals surface area (Å²) in [5.74, 6) is 2.50. The first-order chi connectivity index (χ1) is 21.0. The van der Waals surface area contributed by atoms with Crippen LogP contribution in [0.2, 0.25) is 0 Å². The van der Waals surface area contributed by atoms with Crippen LogP contribution in [-0.4, -0.2) is 76.0 Å². The predicted molar refractivity (Wildman–Crippen MR) is 154 cm³/mol. The molecule has 2 aliphatic rings. The minimum Gasteiger partial charge on any atom is -0.497 e. The van der Waals surface area contributed by atoms with E-state index in [1.807, 2.05) is 36.1 Å². The van der Waals surface area contributed by atoms with E-state index in [9.17, 15) is 9.59 Å². The lowest BCUT2D eigenvalue weighted by Gasteiger charge is -2.40. The van der Waals surface area contributed by atoms with Crippen LogP contribution in [0.25, 0.3) is 5.95 Å². The molecule has 0 bridgehead atoms. The van der Waals surface area contributed by atoms with Crippen molar-refractivity contribution in [3.63, 3.8) is 0 Å². The molecule has 1 saturated heterocycles. The van der Waals surface area contributed by atoms with Gasteiger partial charge in [0.05, 0.1) is 13.7 Å². The molecule has 2 aromatic heterocycles. The van der Waals surface area contributed by atoms with Crippen LogP contribution in [0, 0.1) is 6.92 Å². The molecule has 4 heterocycles. The Morgan fingerprint density at radius 2 is 1.93 bits per heavy atom. The molecular weight excluding hydrogens is 554 g/mol. The number of carbonyl (C=O) groups excluding carboxylic acids is 2.